The van der Waals surface area contributed by atoms with Crippen molar-refractivity contribution in [3.05, 3.63) is 111 Å². The second kappa shape index (κ2) is 11.5. The molecule has 2 atom stereocenters. The summed E-state index contributed by atoms with van der Waals surface area (Å²) in [6.07, 6.45) is 2.34. The van der Waals surface area contributed by atoms with Crippen molar-refractivity contribution in [1.29, 1.82) is 0 Å². The van der Waals surface area contributed by atoms with Crippen LogP contribution in [0.4, 0.5) is 13.9 Å². The molecule has 0 spiro atoms. The van der Waals surface area contributed by atoms with Crippen molar-refractivity contribution < 1.29 is 8.78 Å². The lowest BCUT2D eigenvalue weighted by Gasteiger charge is -2.43. The van der Waals surface area contributed by atoms with Crippen molar-refractivity contribution >= 4 is 33.3 Å². The van der Waals surface area contributed by atoms with Gasteiger partial charge in [0, 0.05) is 11.5 Å². The van der Waals surface area contributed by atoms with Gasteiger partial charge in [-0.25, -0.2) is 13.8 Å². The van der Waals surface area contributed by atoms with Crippen LogP contribution in [0.25, 0.3) is 0 Å². The van der Waals surface area contributed by atoms with E-state index in [1.165, 1.54) is 40.3 Å². The van der Waals surface area contributed by atoms with Crippen LogP contribution in [-0.2, 0) is 17.7 Å². The van der Waals surface area contributed by atoms with E-state index in [0.717, 1.165) is 41.1 Å². The number of hydrogen-bond donors (Lipinski definition) is 1. The summed E-state index contributed by atoms with van der Waals surface area (Å²) >= 11 is 2.85. The molecule has 0 amide bonds. The summed E-state index contributed by atoms with van der Waals surface area (Å²) in [4.78, 5) is -0.879. The van der Waals surface area contributed by atoms with Gasteiger partial charge in [0.05, 0.1) is 0 Å². The molecule has 1 aliphatic heterocycles. The lowest BCUT2D eigenvalue weighted by atomic mass is 9.80. The van der Waals surface area contributed by atoms with Gasteiger partial charge < -0.3 is 5.73 Å². The van der Waals surface area contributed by atoms with Gasteiger partial charge in [-0.2, -0.15) is 5.10 Å². The van der Waals surface area contributed by atoms with Gasteiger partial charge in [-0.15, -0.1) is 10.2 Å². The van der Waals surface area contributed by atoms with E-state index in [0.29, 0.717) is 23.1 Å². The number of aryl methyl sites for hydroxylation is 3. The predicted molar refractivity (Wildman–Crippen MR) is 157 cm³/mol. The Bertz CT molecular complexity index is 1500. The zero-order valence-corrected chi connectivity index (χ0v) is 23.8. The molecule has 0 fully saturated rings. The molecule has 2 unspecified atom stereocenters. The Morgan fingerprint density at radius 3 is 2.51 bits per heavy atom. The monoisotopic (exact) mass is 563 g/mol. The lowest BCUT2D eigenvalue weighted by molar-refractivity contribution is 0.449. The zero-order chi connectivity index (χ0) is 27.6. The number of nitrogens with two attached hydrogens (primary N) is 1. The van der Waals surface area contributed by atoms with Crippen LogP contribution in [0.2, 0.25) is 0 Å². The third-order valence-corrected chi connectivity index (χ3v) is 9.41. The molecule has 5 nitrogen and oxygen atoms in total. The Balaban J connectivity index is 1.83. The van der Waals surface area contributed by atoms with Gasteiger partial charge in [0.25, 0.3) is 0 Å². The van der Waals surface area contributed by atoms with Crippen LogP contribution in [-0.4, -0.2) is 21.8 Å². The molecule has 9 heteroatoms. The summed E-state index contributed by atoms with van der Waals surface area (Å²) in [5, 5.41) is 17.4. The first kappa shape index (κ1) is 27.4. The summed E-state index contributed by atoms with van der Waals surface area (Å²) in [7, 11) is 0. The van der Waals surface area contributed by atoms with Crippen molar-refractivity contribution in [3.8, 4) is 0 Å². The van der Waals surface area contributed by atoms with Crippen LogP contribution in [0, 0.1) is 18.6 Å². The molecular formula is C30H31F2N5S2. The van der Waals surface area contributed by atoms with Crippen LogP contribution in [0.15, 0.2) is 71.8 Å². The fourth-order valence-electron chi connectivity index (χ4n) is 5.24. The van der Waals surface area contributed by atoms with Gasteiger partial charge in [0.15, 0.2) is 0 Å². The summed E-state index contributed by atoms with van der Waals surface area (Å²) in [6, 6.07) is 20.3. The molecule has 1 aliphatic rings. The Morgan fingerprint density at radius 1 is 0.974 bits per heavy atom. The first-order valence-electron chi connectivity index (χ1n) is 13.1. The third kappa shape index (κ3) is 5.11. The minimum Gasteiger partial charge on any atom is -0.330 e. The van der Waals surface area contributed by atoms with Crippen LogP contribution < -0.4 is 10.7 Å². The first-order chi connectivity index (χ1) is 18.9. The second-order valence-electron chi connectivity index (χ2n) is 9.48. The van der Waals surface area contributed by atoms with E-state index in [9.17, 15) is 4.39 Å². The maximum Gasteiger partial charge on any atom is 0.230 e. The van der Waals surface area contributed by atoms with Gasteiger partial charge in [0.2, 0.25) is 5.13 Å². The largest absolute Gasteiger partial charge is 0.330 e. The van der Waals surface area contributed by atoms with Crippen molar-refractivity contribution in [2.45, 2.75) is 50.8 Å². The van der Waals surface area contributed by atoms with Crippen LogP contribution >= 0.6 is 23.1 Å². The molecule has 0 bridgehead atoms. The van der Waals surface area contributed by atoms with Gasteiger partial charge >= 0.3 is 0 Å². The topological polar surface area (TPSA) is 67.4 Å². The quantitative estimate of drug-likeness (QED) is 0.234. The van der Waals surface area contributed by atoms with Crippen molar-refractivity contribution in [1.82, 2.24) is 10.2 Å². The minimum absolute atomic E-state index is 0.120. The standard InChI is InChI=1S/C30H31F2N5S2/c1-4-20-9-8-11-22(17-20)30(26(15-16-33)24-12-7-6-10-21(24)5-2)37(29-35-34-19(3)38-29)36-28(39-30)25-18-23(31)13-14-27(25)32/h6-14,17-18,26H,4-5,15-16,33H2,1-3H3. The van der Waals surface area contributed by atoms with Crippen LogP contribution in [0.1, 0.15) is 59.0 Å². The molecule has 2 N–H and O–H groups in total. The average Bonchev–Trinajstić information content (AvgIpc) is 3.57. The third-order valence-electron chi connectivity index (χ3n) is 7.10. The second-order valence-corrected chi connectivity index (χ2v) is 11.9. The van der Waals surface area contributed by atoms with E-state index in [2.05, 4.69) is 54.4 Å². The smallest absolute Gasteiger partial charge is 0.230 e. The average molecular weight is 564 g/mol. The van der Waals surface area contributed by atoms with Crippen LogP contribution in [0.3, 0.4) is 0 Å². The summed E-state index contributed by atoms with van der Waals surface area (Å²) in [5.41, 5.74) is 10.9. The minimum atomic E-state index is -0.879. The lowest BCUT2D eigenvalue weighted by Crippen LogP contribution is -2.44. The molecule has 1 aromatic heterocycles. The molecule has 39 heavy (non-hydrogen) atoms. The zero-order valence-electron chi connectivity index (χ0n) is 22.2. The van der Waals surface area contributed by atoms with Crippen molar-refractivity contribution in [2.75, 3.05) is 11.6 Å². The van der Waals surface area contributed by atoms with E-state index in [-0.39, 0.29) is 11.5 Å². The molecular weight excluding hydrogens is 532 g/mol. The number of aromatic nitrogens is 2. The highest BCUT2D eigenvalue weighted by Gasteiger charge is 2.54. The number of nitrogens with zero attached hydrogens (tertiary/aromatic N) is 4. The predicted octanol–water partition coefficient (Wildman–Crippen LogP) is 7.15. The fourth-order valence-corrected chi connectivity index (χ4v) is 7.53. The number of anilines is 1. The molecule has 0 radical (unpaired) electrons. The molecule has 4 aromatic rings. The molecule has 202 valence electrons. The van der Waals surface area contributed by atoms with Gasteiger partial charge in [-0.05, 0) is 73.2 Å². The molecule has 0 saturated heterocycles. The maximum absolute atomic E-state index is 15.2. The Kier molecular flexibility index (Phi) is 8.11. The Hall–Kier alpha value is -3.14. The highest BCUT2D eigenvalue weighted by Crippen LogP contribution is 2.58. The van der Waals surface area contributed by atoms with Crippen molar-refractivity contribution in [2.24, 2.45) is 10.8 Å². The summed E-state index contributed by atoms with van der Waals surface area (Å²) < 4.78 is 29.6. The van der Waals surface area contributed by atoms with E-state index in [1.807, 2.05) is 30.1 Å². The number of halogens is 2. The summed E-state index contributed by atoms with van der Waals surface area (Å²) in [6.45, 7) is 6.59. The number of hydrazone groups is 1. The SMILES string of the molecule is CCc1cccc(C2(C(CCN)c3ccccc3CC)SC(c3cc(F)ccc3F)=NN2c2nnc(C)s2)c1. The Labute approximate surface area is 236 Å². The van der Waals surface area contributed by atoms with Crippen LogP contribution in [0.5, 0.6) is 0 Å². The molecule has 2 heterocycles. The number of hydrogen-bond acceptors (Lipinski definition) is 7. The number of rotatable bonds is 9. The van der Waals surface area contributed by atoms with E-state index >= 15 is 4.39 Å². The number of thioether (sulfide) groups is 1. The molecule has 3 aromatic carbocycles. The highest BCUT2D eigenvalue weighted by atomic mass is 32.2. The molecule has 0 saturated carbocycles. The molecule has 5 rings (SSSR count). The maximum atomic E-state index is 15.2. The fraction of sp³-hybridized carbons (Fsp3) is 0.300. The van der Waals surface area contributed by atoms with E-state index in [1.54, 1.807) is 0 Å². The normalized spacial score (nSPS) is 17.9. The number of benzene rings is 3. The van der Waals surface area contributed by atoms with Gasteiger partial charge in [0.1, 0.15) is 26.6 Å². The van der Waals surface area contributed by atoms with E-state index in [4.69, 9.17) is 10.8 Å². The highest BCUT2D eigenvalue weighted by molar-refractivity contribution is 8.15. The van der Waals surface area contributed by atoms with Gasteiger partial charge in [-0.3, -0.25) is 0 Å². The first-order valence-corrected chi connectivity index (χ1v) is 14.7. The molecule has 0 aliphatic carbocycles. The Morgan fingerprint density at radius 2 is 1.79 bits per heavy atom. The van der Waals surface area contributed by atoms with Crippen molar-refractivity contribution in [3.63, 3.8) is 0 Å². The van der Waals surface area contributed by atoms with E-state index < -0.39 is 16.5 Å². The summed E-state index contributed by atoms with van der Waals surface area (Å²) in [5.74, 6) is -1.20. The van der Waals surface area contributed by atoms with Gasteiger partial charge in [-0.1, -0.05) is 85.5 Å².